The van der Waals surface area contributed by atoms with E-state index >= 15 is 0 Å². The number of halogens is 1. The topological polar surface area (TPSA) is 188 Å². The lowest BCUT2D eigenvalue weighted by atomic mass is 9.94. The first kappa shape index (κ1) is 33.2. The standard InChI is InChI=1S/C21H16.C16H9BrN4O9/c1-13-11-20-18-10-9-14-5-2-3-7-17(14)19(18)12-15-6-4-8-16(13)21(15)20;1-6(16(22)23)30-18-15-9-2-7(19(24)25)4-11(17)13(9)14-10(15)3-8(20(26)27)5-12(14)21(28)29/h2-10,12-13H,11H2,1H3;2-6H,1H3,(H,22,23)/b;18-15-. The predicted molar refractivity (Wildman–Crippen MR) is 194 cm³/mol. The molecule has 6 aromatic carbocycles. The van der Waals surface area contributed by atoms with Gasteiger partial charge in [-0.05, 0) is 84.7 Å². The molecule has 0 saturated heterocycles. The van der Waals surface area contributed by atoms with E-state index in [0.717, 1.165) is 24.3 Å². The van der Waals surface area contributed by atoms with Crippen molar-refractivity contribution in [2.75, 3.05) is 0 Å². The molecule has 13 nitrogen and oxygen atoms in total. The molecular formula is C37H25BrN4O9. The van der Waals surface area contributed by atoms with Crippen LogP contribution in [0.4, 0.5) is 17.1 Å². The number of hydrogen-bond acceptors (Lipinski definition) is 9. The van der Waals surface area contributed by atoms with Crippen LogP contribution in [0.15, 0.2) is 94.6 Å². The molecule has 6 aromatic rings. The highest BCUT2D eigenvalue weighted by atomic mass is 79.9. The van der Waals surface area contributed by atoms with Gasteiger partial charge in [0.15, 0.2) is 0 Å². The molecule has 2 atom stereocenters. The van der Waals surface area contributed by atoms with Gasteiger partial charge in [-0.1, -0.05) is 66.7 Å². The number of rotatable bonds is 6. The SMILES string of the molecule is CC(O/N=C1/c2cc([N+](=O)[O-])cc(Br)c2-c2c1cc([N+](=O)[O-])cc2[N+](=O)[O-])C(=O)O.CC1Cc2c3ccc4ccccc4c3cc3cccc1c23. The molecule has 0 amide bonds. The second-order valence-corrected chi connectivity index (χ2v) is 13.2. The number of hydrogen-bond donors (Lipinski definition) is 1. The van der Waals surface area contributed by atoms with Crippen LogP contribution < -0.4 is 0 Å². The Kier molecular flexibility index (Phi) is 8.18. The molecule has 2 unspecified atom stereocenters. The van der Waals surface area contributed by atoms with Crippen LogP contribution in [0.1, 0.15) is 42.0 Å². The van der Waals surface area contributed by atoms with Crippen molar-refractivity contribution in [2.45, 2.75) is 32.3 Å². The molecular weight excluding hydrogens is 724 g/mol. The number of nitro benzene ring substituents is 3. The van der Waals surface area contributed by atoms with Crippen molar-refractivity contribution in [3.63, 3.8) is 0 Å². The molecule has 0 saturated carbocycles. The highest BCUT2D eigenvalue weighted by Gasteiger charge is 2.38. The van der Waals surface area contributed by atoms with E-state index in [-0.39, 0.29) is 38.1 Å². The van der Waals surface area contributed by atoms with E-state index in [1.54, 1.807) is 5.56 Å². The first-order valence-corrected chi connectivity index (χ1v) is 16.4. The highest BCUT2D eigenvalue weighted by Crippen LogP contribution is 2.49. The molecule has 0 bridgehead atoms. The second-order valence-electron chi connectivity index (χ2n) is 12.3. The summed E-state index contributed by atoms with van der Waals surface area (Å²) in [6.07, 6.45) is -0.244. The lowest BCUT2D eigenvalue weighted by Gasteiger charge is -2.10. The quantitative estimate of drug-likeness (QED) is 0.0748. The Bertz CT molecular complexity index is 2570. The van der Waals surface area contributed by atoms with E-state index in [2.05, 4.69) is 88.7 Å². The second kappa shape index (κ2) is 12.6. The van der Waals surface area contributed by atoms with Gasteiger partial charge in [0.1, 0.15) is 5.71 Å². The third-order valence-corrected chi connectivity index (χ3v) is 9.90. The number of nitrogens with zero attached hydrogens (tertiary/aromatic N) is 4. The van der Waals surface area contributed by atoms with E-state index in [9.17, 15) is 35.1 Å². The first-order chi connectivity index (χ1) is 24.3. The van der Waals surface area contributed by atoms with Gasteiger partial charge in [-0.3, -0.25) is 30.3 Å². The number of fused-ring (bicyclic) bond motifs is 7. The van der Waals surface area contributed by atoms with Gasteiger partial charge in [-0.2, -0.15) is 0 Å². The van der Waals surface area contributed by atoms with Crippen LogP contribution in [0.25, 0.3) is 43.4 Å². The van der Waals surface area contributed by atoms with Crippen molar-refractivity contribution in [3.8, 4) is 11.1 Å². The smallest absolute Gasteiger partial charge is 0.347 e. The maximum Gasteiger partial charge on any atom is 0.347 e. The Morgan fingerprint density at radius 3 is 2.18 bits per heavy atom. The van der Waals surface area contributed by atoms with Crippen molar-refractivity contribution >= 4 is 77.0 Å². The molecule has 1 N–H and O–H groups in total. The van der Waals surface area contributed by atoms with Crippen LogP contribution in [-0.2, 0) is 16.1 Å². The Morgan fingerprint density at radius 1 is 0.824 bits per heavy atom. The van der Waals surface area contributed by atoms with E-state index in [0.29, 0.717) is 5.92 Å². The summed E-state index contributed by atoms with van der Waals surface area (Å²) in [7, 11) is 0. The summed E-state index contributed by atoms with van der Waals surface area (Å²) in [5.41, 5.74) is 1.26. The van der Waals surface area contributed by atoms with Crippen LogP contribution >= 0.6 is 15.9 Å². The summed E-state index contributed by atoms with van der Waals surface area (Å²) in [4.78, 5) is 47.6. The van der Waals surface area contributed by atoms with Crippen LogP contribution in [0.5, 0.6) is 0 Å². The molecule has 254 valence electrons. The third-order valence-electron chi connectivity index (χ3n) is 9.27. The summed E-state index contributed by atoms with van der Waals surface area (Å²) >= 11 is 3.15. The number of non-ortho nitro benzene ring substituents is 2. The number of aliphatic carboxylic acids is 1. The molecule has 0 fully saturated rings. The molecule has 0 spiro atoms. The number of oxime groups is 1. The molecule has 14 heteroatoms. The fourth-order valence-electron chi connectivity index (χ4n) is 6.97. The van der Waals surface area contributed by atoms with Gasteiger partial charge in [-0.25, -0.2) is 4.79 Å². The fourth-order valence-corrected chi connectivity index (χ4v) is 7.62. The minimum Gasteiger partial charge on any atom is -0.478 e. The van der Waals surface area contributed by atoms with Gasteiger partial charge >= 0.3 is 5.97 Å². The summed E-state index contributed by atoms with van der Waals surface area (Å²) in [5.74, 6) is -0.719. The highest BCUT2D eigenvalue weighted by molar-refractivity contribution is 9.10. The van der Waals surface area contributed by atoms with Crippen molar-refractivity contribution in [2.24, 2.45) is 5.16 Å². The summed E-state index contributed by atoms with van der Waals surface area (Å²) in [6.45, 7) is 3.52. The van der Waals surface area contributed by atoms with Gasteiger partial charge in [0, 0.05) is 39.4 Å². The summed E-state index contributed by atoms with van der Waals surface area (Å²) in [6, 6.07) is 26.4. The molecule has 0 aliphatic heterocycles. The number of carbonyl (C=O) groups is 1. The molecule has 8 rings (SSSR count). The minimum atomic E-state index is -1.42. The minimum absolute atomic E-state index is 0.0206. The lowest BCUT2D eigenvalue weighted by molar-refractivity contribution is -0.393. The van der Waals surface area contributed by atoms with Crippen LogP contribution in [0, 0.1) is 30.3 Å². The van der Waals surface area contributed by atoms with Crippen molar-refractivity contribution in [1.29, 1.82) is 0 Å². The maximum atomic E-state index is 11.6. The molecule has 0 radical (unpaired) electrons. The molecule has 0 heterocycles. The van der Waals surface area contributed by atoms with E-state index in [1.165, 1.54) is 51.2 Å². The average Bonchev–Trinajstić information content (AvgIpc) is 3.62. The van der Waals surface area contributed by atoms with Gasteiger partial charge in [0.25, 0.3) is 17.1 Å². The molecule has 2 aliphatic rings. The van der Waals surface area contributed by atoms with E-state index < -0.39 is 38.2 Å². The van der Waals surface area contributed by atoms with Gasteiger partial charge < -0.3 is 9.94 Å². The zero-order valence-electron chi connectivity index (χ0n) is 26.8. The van der Waals surface area contributed by atoms with Crippen molar-refractivity contribution in [1.82, 2.24) is 0 Å². The number of carboxylic acids is 1. The van der Waals surface area contributed by atoms with Crippen LogP contribution in [0.3, 0.4) is 0 Å². The third kappa shape index (κ3) is 5.59. The zero-order valence-corrected chi connectivity index (χ0v) is 28.4. The number of nitro groups is 3. The maximum absolute atomic E-state index is 11.6. The van der Waals surface area contributed by atoms with Crippen LogP contribution in [0.2, 0.25) is 0 Å². The Morgan fingerprint density at radius 2 is 1.49 bits per heavy atom. The normalized spacial score (nSPS) is 15.3. The van der Waals surface area contributed by atoms with E-state index in [1.807, 2.05) is 0 Å². The molecule has 0 aromatic heterocycles. The number of carboxylic acid groups (broad SMARTS) is 1. The van der Waals surface area contributed by atoms with Crippen LogP contribution in [-0.4, -0.2) is 37.7 Å². The lowest BCUT2D eigenvalue weighted by Crippen LogP contribution is -2.18. The fraction of sp³-hybridized carbons (Fsp3) is 0.135. The number of benzene rings is 6. The van der Waals surface area contributed by atoms with Crippen molar-refractivity contribution < 1.29 is 29.5 Å². The van der Waals surface area contributed by atoms with E-state index in [4.69, 9.17) is 9.94 Å². The zero-order chi connectivity index (χ0) is 36.3. The summed E-state index contributed by atoms with van der Waals surface area (Å²) in [5, 5.41) is 55.3. The predicted octanol–water partition coefficient (Wildman–Crippen LogP) is 9.20. The largest absolute Gasteiger partial charge is 0.478 e. The van der Waals surface area contributed by atoms with Crippen molar-refractivity contribution in [3.05, 3.63) is 142 Å². The Hall–Kier alpha value is -6.28. The molecule has 51 heavy (non-hydrogen) atoms. The first-order valence-electron chi connectivity index (χ1n) is 15.6. The average molecular weight is 750 g/mol. The van der Waals surface area contributed by atoms with Gasteiger partial charge in [0.05, 0.1) is 26.4 Å². The van der Waals surface area contributed by atoms with Gasteiger partial charge in [0.2, 0.25) is 6.10 Å². The Balaban J connectivity index is 0.000000168. The van der Waals surface area contributed by atoms with Gasteiger partial charge in [-0.15, -0.1) is 0 Å². The monoisotopic (exact) mass is 748 g/mol. The summed E-state index contributed by atoms with van der Waals surface area (Å²) < 4.78 is 0.112. The Labute approximate surface area is 296 Å². The molecule has 2 aliphatic carbocycles.